The molecule has 1 unspecified atom stereocenters. The highest BCUT2D eigenvalue weighted by Crippen LogP contribution is 2.37. The lowest BCUT2D eigenvalue weighted by atomic mass is 10.0. The molecule has 7 heteroatoms. The molecule has 0 spiro atoms. The minimum absolute atomic E-state index is 0.126. The molecule has 138 valence electrons. The van der Waals surface area contributed by atoms with Crippen molar-refractivity contribution in [2.75, 3.05) is 6.54 Å². The first kappa shape index (κ1) is 16.4. The van der Waals surface area contributed by atoms with Crippen LogP contribution in [0.2, 0.25) is 0 Å². The van der Waals surface area contributed by atoms with Gasteiger partial charge in [0, 0.05) is 30.6 Å². The summed E-state index contributed by atoms with van der Waals surface area (Å²) in [6.45, 7) is 0.402. The van der Waals surface area contributed by atoms with Crippen molar-refractivity contribution in [3.05, 3.63) is 78.4 Å². The summed E-state index contributed by atoms with van der Waals surface area (Å²) in [4.78, 5) is 21.2. The van der Waals surface area contributed by atoms with Crippen LogP contribution in [0.25, 0.3) is 16.9 Å². The number of ether oxygens (including phenoxy) is 1. The highest BCUT2D eigenvalue weighted by molar-refractivity contribution is 5.99. The number of benzene rings is 1. The summed E-state index contributed by atoms with van der Waals surface area (Å²) in [5, 5.41) is 7.09. The van der Waals surface area contributed by atoms with E-state index in [9.17, 15) is 4.79 Å². The second-order valence-electron chi connectivity index (χ2n) is 6.61. The van der Waals surface area contributed by atoms with Crippen molar-refractivity contribution in [2.45, 2.75) is 12.5 Å². The predicted octanol–water partition coefficient (Wildman–Crippen LogP) is 2.52. The summed E-state index contributed by atoms with van der Waals surface area (Å²) in [6.07, 6.45) is 7.31. The Bertz CT molecular complexity index is 1160. The molecule has 0 bridgehead atoms. The van der Waals surface area contributed by atoms with E-state index in [0.717, 1.165) is 29.0 Å². The maximum Gasteiger partial charge on any atom is 0.256 e. The number of hydrogen-bond donors (Lipinski definition) is 1. The molecule has 4 aromatic rings. The van der Waals surface area contributed by atoms with Crippen LogP contribution in [-0.4, -0.2) is 38.1 Å². The van der Waals surface area contributed by atoms with Gasteiger partial charge in [0.2, 0.25) is 0 Å². The van der Waals surface area contributed by atoms with Crippen molar-refractivity contribution in [2.24, 2.45) is 0 Å². The van der Waals surface area contributed by atoms with Gasteiger partial charge < -0.3 is 10.1 Å². The third-order valence-corrected chi connectivity index (χ3v) is 4.78. The molecule has 1 atom stereocenters. The van der Waals surface area contributed by atoms with Crippen molar-refractivity contribution in [1.82, 2.24) is 24.9 Å². The number of carbonyl (C=O) groups is 1. The predicted molar refractivity (Wildman–Crippen MR) is 103 cm³/mol. The fraction of sp³-hybridized carbons (Fsp3) is 0.143. The Balaban J connectivity index is 1.30. The van der Waals surface area contributed by atoms with E-state index >= 15 is 0 Å². The maximum absolute atomic E-state index is 12.6. The lowest BCUT2D eigenvalue weighted by Gasteiger charge is -2.13. The third-order valence-electron chi connectivity index (χ3n) is 4.78. The number of amides is 1. The number of para-hydroxylation sites is 1. The summed E-state index contributed by atoms with van der Waals surface area (Å²) in [6, 6.07) is 13.7. The highest BCUT2D eigenvalue weighted by atomic mass is 16.5. The third kappa shape index (κ3) is 2.87. The van der Waals surface area contributed by atoms with Gasteiger partial charge in [-0.25, -0.2) is 9.50 Å². The number of fused-ring (bicyclic) bond motifs is 2. The van der Waals surface area contributed by atoms with Crippen molar-refractivity contribution < 1.29 is 9.53 Å². The smallest absolute Gasteiger partial charge is 0.256 e. The van der Waals surface area contributed by atoms with Gasteiger partial charge in [0.25, 0.3) is 5.91 Å². The van der Waals surface area contributed by atoms with E-state index in [1.807, 2.05) is 30.3 Å². The van der Waals surface area contributed by atoms with Crippen LogP contribution in [0.3, 0.4) is 0 Å². The summed E-state index contributed by atoms with van der Waals surface area (Å²) in [7, 11) is 0. The van der Waals surface area contributed by atoms with Gasteiger partial charge in [-0.15, -0.1) is 0 Å². The molecule has 28 heavy (non-hydrogen) atoms. The zero-order valence-corrected chi connectivity index (χ0v) is 14.9. The van der Waals surface area contributed by atoms with Crippen LogP contribution in [-0.2, 0) is 6.42 Å². The normalized spacial score (nSPS) is 15.2. The fourth-order valence-electron chi connectivity index (χ4n) is 3.47. The Labute approximate surface area is 161 Å². The Hall–Kier alpha value is -3.74. The molecule has 0 saturated heterocycles. The molecule has 5 rings (SSSR count). The molecule has 4 heterocycles. The molecule has 1 aliphatic heterocycles. The molecular weight excluding hydrogens is 354 g/mol. The van der Waals surface area contributed by atoms with E-state index in [1.54, 1.807) is 29.2 Å². The number of nitrogens with zero attached hydrogens (tertiary/aromatic N) is 4. The van der Waals surface area contributed by atoms with Crippen LogP contribution in [0.5, 0.6) is 5.75 Å². The number of hydrogen-bond acceptors (Lipinski definition) is 5. The van der Waals surface area contributed by atoms with E-state index in [4.69, 9.17) is 4.74 Å². The monoisotopic (exact) mass is 371 g/mol. The molecule has 7 nitrogen and oxygen atoms in total. The zero-order valence-electron chi connectivity index (χ0n) is 14.9. The van der Waals surface area contributed by atoms with Crippen LogP contribution in [0, 0.1) is 0 Å². The molecule has 0 fully saturated rings. The van der Waals surface area contributed by atoms with Crippen LogP contribution in [0.4, 0.5) is 0 Å². The fourth-order valence-corrected chi connectivity index (χ4v) is 3.47. The van der Waals surface area contributed by atoms with Crippen LogP contribution in [0.1, 0.15) is 15.9 Å². The van der Waals surface area contributed by atoms with Crippen LogP contribution >= 0.6 is 0 Å². The first-order chi connectivity index (χ1) is 13.8. The quantitative estimate of drug-likeness (QED) is 0.596. The average Bonchev–Trinajstić information content (AvgIpc) is 3.36. The van der Waals surface area contributed by atoms with Gasteiger partial charge in [-0.3, -0.25) is 9.78 Å². The van der Waals surface area contributed by atoms with E-state index in [1.165, 1.54) is 6.20 Å². The second kappa shape index (κ2) is 6.77. The summed E-state index contributed by atoms with van der Waals surface area (Å²) in [5.74, 6) is 0.635. The van der Waals surface area contributed by atoms with Gasteiger partial charge in [-0.1, -0.05) is 18.2 Å². The second-order valence-corrected chi connectivity index (χ2v) is 6.61. The molecule has 1 aliphatic rings. The lowest BCUT2D eigenvalue weighted by molar-refractivity contribution is 0.0935. The SMILES string of the molecule is O=C(NCC1Cc2cccc(-c3ccccn3)c2O1)c1cnn2cccnc12. The largest absolute Gasteiger partial charge is 0.487 e. The summed E-state index contributed by atoms with van der Waals surface area (Å²) in [5.41, 5.74) is 3.96. The minimum Gasteiger partial charge on any atom is -0.487 e. The average molecular weight is 371 g/mol. The van der Waals surface area contributed by atoms with Crippen molar-refractivity contribution >= 4 is 11.6 Å². The highest BCUT2D eigenvalue weighted by Gasteiger charge is 2.27. The van der Waals surface area contributed by atoms with Gasteiger partial charge in [-0.2, -0.15) is 5.10 Å². The first-order valence-corrected chi connectivity index (χ1v) is 9.06. The van der Waals surface area contributed by atoms with Gasteiger partial charge in [0.05, 0.1) is 18.4 Å². The van der Waals surface area contributed by atoms with Crippen molar-refractivity contribution in [3.63, 3.8) is 0 Å². The topological polar surface area (TPSA) is 81.4 Å². The maximum atomic E-state index is 12.6. The van der Waals surface area contributed by atoms with Gasteiger partial charge >= 0.3 is 0 Å². The number of rotatable bonds is 4. The van der Waals surface area contributed by atoms with Gasteiger partial charge in [0.15, 0.2) is 5.65 Å². The lowest BCUT2D eigenvalue weighted by Crippen LogP contribution is -2.34. The van der Waals surface area contributed by atoms with Crippen LogP contribution < -0.4 is 10.1 Å². The molecular formula is C21H17N5O2. The van der Waals surface area contributed by atoms with Gasteiger partial charge in [-0.05, 0) is 29.8 Å². The molecule has 1 N–H and O–H groups in total. The zero-order chi connectivity index (χ0) is 18.9. The molecule has 0 radical (unpaired) electrons. The van der Waals surface area contributed by atoms with Crippen LogP contribution in [0.15, 0.2) is 67.3 Å². The number of carbonyl (C=O) groups excluding carboxylic acids is 1. The number of pyridine rings is 1. The standard InChI is InChI=1S/C21H17N5O2/c27-21(17-13-25-26-10-4-9-23-20(17)26)24-12-15-11-14-5-3-6-16(19(14)28-15)18-7-1-2-8-22-18/h1-10,13,15H,11-12H2,(H,24,27). The molecule has 0 saturated carbocycles. The summed E-state index contributed by atoms with van der Waals surface area (Å²) >= 11 is 0. The molecule has 1 amide bonds. The van der Waals surface area contributed by atoms with E-state index in [0.29, 0.717) is 17.8 Å². The molecule has 3 aromatic heterocycles. The van der Waals surface area contributed by atoms with E-state index < -0.39 is 0 Å². The Morgan fingerprint density at radius 2 is 2.07 bits per heavy atom. The Morgan fingerprint density at radius 1 is 1.14 bits per heavy atom. The molecule has 1 aromatic carbocycles. The first-order valence-electron chi connectivity index (χ1n) is 9.06. The summed E-state index contributed by atoms with van der Waals surface area (Å²) < 4.78 is 7.74. The minimum atomic E-state index is -0.210. The molecule has 0 aliphatic carbocycles. The van der Waals surface area contributed by atoms with E-state index in [-0.39, 0.29) is 12.0 Å². The van der Waals surface area contributed by atoms with Crippen molar-refractivity contribution in [3.8, 4) is 17.0 Å². The Kier molecular flexibility index (Phi) is 3.97. The number of aromatic nitrogens is 4. The van der Waals surface area contributed by atoms with E-state index in [2.05, 4.69) is 26.4 Å². The van der Waals surface area contributed by atoms with Crippen molar-refractivity contribution in [1.29, 1.82) is 0 Å². The number of nitrogens with one attached hydrogen (secondary N) is 1. The van der Waals surface area contributed by atoms with Gasteiger partial charge in [0.1, 0.15) is 17.4 Å². The Morgan fingerprint density at radius 3 is 2.96 bits per heavy atom.